The van der Waals surface area contributed by atoms with Gasteiger partial charge < -0.3 is 10.6 Å². The van der Waals surface area contributed by atoms with E-state index in [2.05, 4.69) is 6.07 Å². The minimum Gasteiger partial charge on any atom is -0.317 e. The summed E-state index contributed by atoms with van der Waals surface area (Å²) in [6, 6.07) is 6.22. The molecule has 0 spiro atoms. The molecule has 92 valence electrons. The minimum absolute atomic E-state index is 0.114. The average Bonchev–Trinajstić information content (AvgIpc) is 2.57. The fourth-order valence-electron chi connectivity index (χ4n) is 2.07. The van der Waals surface area contributed by atoms with E-state index >= 15 is 0 Å². The Bertz CT molecular complexity index is 451. The molecule has 0 radical (unpaired) electrons. The van der Waals surface area contributed by atoms with Crippen LogP contribution >= 0.6 is 11.8 Å². The molecule has 1 amide bonds. The molecule has 0 atom stereocenters. The van der Waals surface area contributed by atoms with Crippen molar-refractivity contribution in [3.8, 4) is 0 Å². The molecule has 1 aliphatic rings. The minimum atomic E-state index is -0.271. The molecule has 2 rings (SSSR count). The van der Waals surface area contributed by atoms with E-state index < -0.39 is 0 Å². The number of rotatable bonds is 2. The molecule has 0 saturated carbocycles. The molecular formula is C13H18N2OS. The molecule has 0 unspecified atom stereocenters. The molecule has 4 heteroatoms. The van der Waals surface area contributed by atoms with Gasteiger partial charge in [0.1, 0.15) is 0 Å². The van der Waals surface area contributed by atoms with Crippen LogP contribution in [0.1, 0.15) is 26.3 Å². The summed E-state index contributed by atoms with van der Waals surface area (Å²) in [5.41, 5.74) is 8.28. The number of carbonyl (C=O) groups is 1. The van der Waals surface area contributed by atoms with Gasteiger partial charge in [0.2, 0.25) is 5.91 Å². The number of fused-ring (bicyclic) bond motifs is 1. The Morgan fingerprint density at radius 1 is 1.47 bits per heavy atom. The first-order valence-corrected chi connectivity index (χ1v) is 6.57. The first kappa shape index (κ1) is 12.5. The first-order chi connectivity index (χ1) is 7.87. The quantitative estimate of drug-likeness (QED) is 0.647. The number of nitrogens with two attached hydrogens (primary N) is 1. The SMILES string of the molecule is CC(=O)N1CCc2cc(SC(C)(C)N)ccc21. The zero-order valence-electron chi connectivity index (χ0n) is 10.5. The normalized spacial score (nSPS) is 14.9. The highest BCUT2D eigenvalue weighted by Gasteiger charge is 2.23. The van der Waals surface area contributed by atoms with Crippen molar-refractivity contribution in [2.24, 2.45) is 5.73 Å². The van der Waals surface area contributed by atoms with Gasteiger partial charge in [-0.1, -0.05) is 0 Å². The highest BCUT2D eigenvalue weighted by Crippen LogP contribution is 2.35. The zero-order valence-corrected chi connectivity index (χ0v) is 11.3. The highest BCUT2D eigenvalue weighted by atomic mass is 32.2. The van der Waals surface area contributed by atoms with Crippen LogP contribution in [0.3, 0.4) is 0 Å². The van der Waals surface area contributed by atoms with Crippen LogP contribution in [0, 0.1) is 0 Å². The van der Waals surface area contributed by atoms with Crippen molar-refractivity contribution in [2.75, 3.05) is 11.4 Å². The number of nitrogens with zero attached hydrogens (tertiary/aromatic N) is 1. The van der Waals surface area contributed by atoms with Crippen LogP contribution in [0.5, 0.6) is 0 Å². The number of amides is 1. The van der Waals surface area contributed by atoms with Crippen LogP contribution in [0.15, 0.2) is 23.1 Å². The summed E-state index contributed by atoms with van der Waals surface area (Å²) in [4.78, 5) is 14.2. The van der Waals surface area contributed by atoms with E-state index in [4.69, 9.17) is 5.73 Å². The molecule has 2 N–H and O–H groups in total. The maximum Gasteiger partial charge on any atom is 0.223 e. The molecule has 1 aromatic carbocycles. The smallest absolute Gasteiger partial charge is 0.223 e. The topological polar surface area (TPSA) is 46.3 Å². The lowest BCUT2D eigenvalue weighted by molar-refractivity contribution is -0.116. The Kier molecular flexibility index (Phi) is 3.19. The van der Waals surface area contributed by atoms with Gasteiger partial charge in [-0.05, 0) is 44.0 Å². The maximum atomic E-state index is 11.4. The van der Waals surface area contributed by atoms with Gasteiger partial charge in [-0.3, -0.25) is 4.79 Å². The van der Waals surface area contributed by atoms with E-state index in [1.165, 1.54) is 10.5 Å². The Morgan fingerprint density at radius 2 is 2.18 bits per heavy atom. The van der Waals surface area contributed by atoms with Gasteiger partial charge in [0, 0.05) is 24.1 Å². The van der Waals surface area contributed by atoms with Crippen LogP contribution in [-0.2, 0) is 11.2 Å². The van der Waals surface area contributed by atoms with Crippen LogP contribution in [0.25, 0.3) is 0 Å². The largest absolute Gasteiger partial charge is 0.317 e. The summed E-state index contributed by atoms with van der Waals surface area (Å²) >= 11 is 1.65. The number of carbonyl (C=O) groups excluding carboxylic acids is 1. The van der Waals surface area contributed by atoms with Gasteiger partial charge in [-0.25, -0.2) is 0 Å². The molecule has 1 aromatic rings. The fourth-order valence-corrected chi connectivity index (χ4v) is 3.02. The Labute approximate surface area is 106 Å². The summed E-state index contributed by atoms with van der Waals surface area (Å²) in [6.45, 7) is 6.39. The van der Waals surface area contributed by atoms with Gasteiger partial charge in [-0.2, -0.15) is 0 Å². The fraction of sp³-hybridized carbons (Fsp3) is 0.462. The Balaban J connectivity index is 2.25. The second kappa shape index (κ2) is 4.35. The van der Waals surface area contributed by atoms with Crippen LogP contribution < -0.4 is 10.6 Å². The third kappa shape index (κ3) is 2.82. The van der Waals surface area contributed by atoms with E-state index in [1.807, 2.05) is 30.9 Å². The molecule has 0 fully saturated rings. The van der Waals surface area contributed by atoms with Crippen molar-refractivity contribution >= 4 is 23.4 Å². The van der Waals surface area contributed by atoms with Crippen molar-refractivity contribution in [3.05, 3.63) is 23.8 Å². The third-order valence-electron chi connectivity index (χ3n) is 2.71. The lowest BCUT2D eigenvalue weighted by Gasteiger charge is -2.19. The van der Waals surface area contributed by atoms with Crippen LogP contribution in [0.2, 0.25) is 0 Å². The summed E-state index contributed by atoms with van der Waals surface area (Å²) in [6.07, 6.45) is 0.939. The van der Waals surface area contributed by atoms with Crippen LogP contribution in [-0.4, -0.2) is 17.3 Å². The van der Waals surface area contributed by atoms with E-state index in [9.17, 15) is 4.79 Å². The van der Waals surface area contributed by atoms with Gasteiger partial charge in [0.05, 0.1) is 4.87 Å². The summed E-state index contributed by atoms with van der Waals surface area (Å²) < 4.78 is 0. The number of hydrogen-bond acceptors (Lipinski definition) is 3. The Morgan fingerprint density at radius 3 is 2.76 bits per heavy atom. The summed E-state index contributed by atoms with van der Waals surface area (Å²) in [5.74, 6) is 0.114. The average molecular weight is 250 g/mol. The zero-order chi connectivity index (χ0) is 12.6. The molecule has 1 heterocycles. The lowest BCUT2D eigenvalue weighted by Crippen LogP contribution is -2.27. The first-order valence-electron chi connectivity index (χ1n) is 5.76. The number of hydrogen-bond donors (Lipinski definition) is 1. The van der Waals surface area contributed by atoms with E-state index in [0.29, 0.717) is 0 Å². The number of anilines is 1. The standard InChI is InChI=1S/C13H18N2OS/c1-9(16)15-7-6-10-8-11(4-5-12(10)15)17-13(2,3)14/h4-5,8H,6-7,14H2,1-3H3. The van der Waals surface area contributed by atoms with Gasteiger partial charge in [-0.15, -0.1) is 11.8 Å². The molecule has 1 aliphatic heterocycles. The predicted octanol–water partition coefficient (Wildman–Crippen LogP) is 2.38. The van der Waals surface area contributed by atoms with Crippen molar-refractivity contribution in [1.29, 1.82) is 0 Å². The van der Waals surface area contributed by atoms with Crippen molar-refractivity contribution in [1.82, 2.24) is 0 Å². The number of thioether (sulfide) groups is 1. The monoisotopic (exact) mass is 250 g/mol. The van der Waals surface area contributed by atoms with Gasteiger partial charge >= 0.3 is 0 Å². The van der Waals surface area contributed by atoms with E-state index in [1.54, 1.807) is 18.7 Å². The molecule has 3 nitrogen and oxygen atoms in total. The molecule has 0 bridgehead atoms. The predicted molar refractivity (Wildman–Crippen MR) is 72.3 cm³/mol. The molecule has 0 aromatic heterocycles. The van der Waals surface area contributed by atoms with Gasteiger partial charge in [0.25, 0.3) is 0 Å². The van der Waals surface area contributed by atoms with E-state index in [-0.39, 0.29) is 10.8 Å². The number of benzene rings is 1. The van der Waals surface area contributed by atoms with Gasteiger partial charge in [0.15, 0.2) is 0 Å². The van der Waals surface area contributed by atoms with Crippen LogP contribution in [0.4, 0.5) is 5.69 Å². The maximum absolute atomic E-state index is 11.4. The summed E-state index contributed by atoms with van der Waals surface area (Å²) in [7, 11) is 0. The molecular weight excluding hydrogens is 232 g/mol. The molecule has 17 heavy (non-hydrogen) atoms. The Hall–Kier alpha value is -1.00. The van der Waals surface area contributed by atoms with Crippen molar-refractivity contribution in [2.45, 2.75) is 37.0 Å². The molecule has 0 saturated heterocycles. The highest BCUT2D eigenvalue weighted by molar-refractivity contribution is 8.00. The van der Waals surface area contributed by atoms with Crippen molar-refractivity contribution in [3.63, 3.8) is 0 Å². The lowest BCUT2D eigenvalue weighted by atomic mass is 10.2. The summed E-state index contributed by atoms with van der Waals surface area (Å²) in [5, 5.41) is 0. The second-order valence-corrected chi connectivity index (χ2v) is 6.64. The molecule has 0 aliphatic carbocycles. The second-order valence-electron chi connectivity index (χ2n) is 4.92. The van der Waals surface area contributed by atoms with E-state index in [0.717, 1.165) is 18.7 Å². The third-order valence-corrected chi connectivity index (χ3v) is 3.72. The van der Waals surface area contributed by atoms with Crippen molar-refractivity contribution < 1.29 is 4.79 Å².